The minimum absolute atomic E-state index is 0.000878. The molecule has 0 amide bonds. The predicted molar refractivity (Wildman–Crippen MR) is 112 cm³/mol. The summed E-state index contributed by atoms with van der Waals surface area (Å²) >= 11 is 0. The third-order valence-electron chi connectivity index (χ3n) is 7.74. The molecular weight excluding hydrogens is 399 g/mol. The van der Waals surface area contributed by atoms with E-state index in [1.54, 1.807) is 29.3 Å². The van der Waals surface area contributed by atoms with Crippen LogP contribution in [0.15, 0.2) is 48.6 Å². The van der Waals surface area contributed by atoms with E-state index in [1.807, 2.05) is 12.1 Å². The van der Waals surface area contributed by atoms with E-state index in [0.717, 1.165) is 17.7 Å². The second-order valence-corrected chi connectivity index (χ2v) is 8.89. The molecule has 2 heterocycles. The molecule has 0 spiro atoms. The summed E-state index contributed by atoms with van der Waals surface area (Å²) in [6.45, 7) is 0.765. The molecule has 4 unspecified atom stereocenters. The zero-order chi connectivity index (χ0) is 21.5. The summed E-state index contributed by atoms with van der Waals surface area (Å²) in [5.74, 6) is -0.00235. The summed E-state index contributed by atoms with van der Waals surface area (Å²) in [5.41, 5.74) is 0.912. The van der Waals surface area contributed by atoms with Gasteiger partial charge in [-0.2, -0.15) is 0 Å². The quantitative estimate of drug-likeness (QED) is 0.803. The van der Waals surface area contributed by atoms with E-state index in [1.165, 1.54) is 19.2 Å². The minimum Gasteiger partial charge on any atom is -0.504 e. The van der Waals surface area contributed by atoms with Gasteiger partial charge in [-0.05, 0) is 68.4 Å². The lowest BCUT2D eigenvalue weighted by atomic mass is 9.49. The molecule has 2 aromatic carbocycles. The van der Waals surface area contributed by atoms with Crippen molar-refractivity contribution in [2.45, 2.75) is 35.9 Å². The third-order valence-corrected chi connectivity index (χ3v) is 7.74. The lowest BCUT2D eigenvalue weighted by Crippen LogP contribution is -2.75. The Morgan fingerprint density at radius 3 is 2.74 bits per heavy atom. The van der Waals surface area contributed by atoms with E-state index in [4.69, 9.17) is 9.57 Å². The standard InChI is InChI=1S/C24H23FN2O4/c1-26-12-11-23-20-14(3-8-18(30-2)21(20)29)13-19(26)24(23)10-9-17(28)22(23)31-27(24)16-6-4-15(25)5-7-16/h3-10,19,22,29H,11-13H2,1-2H3. The second-order valence-electron chi connectivity index (χ2n) is 8.89. The van der Waals surface area contributed by atoms with E-state index < -0.39 is 17.1 Å². The average Bonchev–Trinajstić information content (AvgIpc) is 2.99. The molecule has 7 heteroatoms. The van der Waals surface area contributed by atoms with Crippen LogP contribution < -0.4 is 9.80 Å². The van der Waals surface area contributed by atoms with E-state index in [0.29, 0.717) is 24.3 Å². The zero-order valence-electron chi connectivity index (χ0n) is 17.3. The van der Waals surface area contributed by atoms with E-state index >= 15 is 0 Å². The van der Waals surface area contributed by atoms with Gasteiger partial charge in [0.15, 0.2) is 23.4 Å². The number of benzene rings is 2. The first-order chi connectivity index (χ1) is 14.9. The number of methoxy groups -OCH3 is 1. The number of ether oxygens (including phenoxy) is 1. The van der Waals surface area contributed by atoms with Crippen LogP contribution in [0.3, 0.4) is 0 Å². The monoisotopic (exact) mass is 422 g/mol. The highest BCUT2D eigenvalue weighted by Crippen LogP contribution is 2.65. The molecule has 2 aliphatic carbocycles. The molecular formula is C24H23FN2O4. The molecule has 6 nitrogen and oxygen atoms in total. The molecule has 4 bridgehead atoms. The smallest absolute Gasteiger partial charge is 0.187 e. The van der Waals surface area contributed by atoms with Crippen LogP contribution in [-0.2, 0) is 21.5 Å². The van der Waals surface area contributed by atoms with Gasteiger partial charge in [-0.1, -0.05) is 12.1 Å². The van der Waals surface area contributed by atoms with Gasteiger partial charge in [-0.25, -0.2) is 9.45 Å². The molecule has 160 valence electrons. The second kappa shape index (κ2) is 6.08. The SMILES string of the molecule is COc1ccc2c(c1O)C13CCN(C)C(C2)C12C=CC(=O)C3ON2c1ccc(F)cc1. The average molecular weight is 422 g/mol. The number of likely N-dealkylation sites (tertiary alicyclic amines) is 1. The van der Waals surface area contributed by atoms with Crippen LogP contribution in [0, 0.1) is 5.82 Å². The molecule has 6 rings (SSSR count). The summed E-state index contributed by atoms with van der Waals surface area (Å²) in [6, 6.07) is 9.90. The van der Waals surface area contributed by atoms with Gasteiger partial charge in [0.05, 0.1) is 18.2 Å². The first-order valence-corrected chi connectivity index (χ1v) is 10.5. The van der Waals surface area contributed by atoms with Crippen LogP contribution in [0.5, 0.6) is 11.5 Å². The van der Waals surface area contributed by atoms with Gasteiger partial charge in [0.25, 0.3) is 0 Å². The lowest BCUT2D eigenvalue weighted by molar-refractivity contribution is -0.127. The Hall–Kier alpha value is -2.90. The highest BCUT2D eigenvalue weighted by molar-refractivity contribution is 5.99. The Balaban J connectivity index is 1.68. The number of ketones is 1. The molecule has 1 N–H and O–H groups in total. The topological polar surface area (TPSA) is 62.2 Å². The molecule has 2 aliphatic heterocycles. The highest BCUT2D eigenvalue weighted by Gasteiger charge is 2.76. The molecule has 0 aromatic heterocycles. The fraction of sp³-hybridized carbons (Fsp3) is 0.375. The summed E-state index contributed by atoms with van der Waals surface area (Å²) in [6.07, 6.45) is 4.09. The number of carbonyl (C=O) groups excluding carboxylic acids is 1. The Labute approximate surface area is 179 Å². The number of rotatable bonds is 2. The molecule has 0 radical (unpaired) electrons. The lowest BCUT2D eigenvalue weighted by Gasteiger charge is -2.61. The van der Waals surface area contributed by atoms with Crippen molar-refractivity contribution in [2.75, 3.05) is 25.8 Å². The maximum atomic E-state index is 13.7. The van der Waals surface area contributed by atoms with E-state index in [-0.39, 0.29) is 23.4 Å². The number of hydrogen-bond donors (Lipinski definition) is 1. The van der Waals surface area contributed by atoms with Gasteiger partial charge in [0, 0.05) is 11.6 Å². The van der Waals surface area contributed by atoms with Crippen LogP contribution in [-0.4, -0.2) is 54.2 Å². The molecule has 2 aromatic rings. The summed E-state index contributed by atoms with van der Waals surface area (Å²) in [5, 5.41) is 13.1. The number of hydrogen-bond acceptors (Lipinski definition) is 6. The molecule has 2 fully saturated rings. The minimum atomic E-state index is -0.782. The Morgan fingerprint density at radius 2 is 2.00 bits per heavy atom. The summed E-state index contributed by atoms with van der Waals surface area (Å²) < 4.78 is 19.1. The Kier molecular flexibility index (Phi) is 3.69. The first-order valence-electron chi connectivity index (χ1n) is 10.5. The van der Waals surface area contributed by atoms with E-state index in [2.05, 4.69) is 11.9 Å². The van der Waals surface area contributed by atoms with Crippen molar-refractivity contribution in [3.63, 3.8) is 0 Å². The molecule has 31 heavy (non-hydrogen) atoms. The van der Waals surface area contributed by atoms with Gasteiger partial charge in [0.1, 0.15) is 11.4 Å². The van der Waals surface area contributed by atoms with Gasteiger partial charge in [0.2, 0.25) is 0 Å². The summed E-state index contributed by atoms with van der Waals surface area (Å²) in [4.78, 5) is 21.9. The Bertz CT molecular complexity index is 1130. The maximum Gasteiger partial charge on any atom is 0.187 e. The van der Waals surface area contributed by atoms with E-state index in [9.17, 15) is 14.3 Å². The number of phenols is 1. The first kappa shape index (κ1) is 18.8. The number of halogens is 1. The van der Waals surface area contributed by atoms with Crippen molar-refractivity contribution in [3.05, 3.63) is 65.5 Å². The van der Waals surface area contributed by atoms with Crippen molar-refractivity contribution in [2.24, 2.45) is 0 Å². The predicted octanol–water partition coefficient (Wildman–Crippen LogP) is 2.74. The van der Waals surface area contributed by atoms with Crippen molar-refractivity contribution in [1.29, 1.82) is 0 Å². The van der Waals surface area contributed by atoms with Crippen LogP contribution in [0.1, 0.15) is 17.5 Å². The molecule has 4 atom stereocenters. The fourth-order valence-electron chi connectivity index (χ4n) is 6.47. The molecule has 2 saturated heterocycles. The highest BCUT2D eigenvalue weighted by atomic mass is 19.1. The molecule has 4 aliphatic rings. The van der Waals surface area contributed by atoms with Gasteiger partial charge in [-0.15, -0.1) is 0 Å². The largest absolute Gasteiger partial charge is 0.504 e. The number of likely N-dealkylation sites (N-methyl/N-ethyl adjacent to an activating group) is 1. The van der Waals surface area contributed by atoms with Gasteiger partial charge < -0.3 is 14.7 Å². The van der Waals surface area contributed by atoms with Crippen LogP contribution in [0.25, 0.3) is 0 Å². The van der Waals surface area contributed by atoms with Gasteiger partial charge >= 0.3 is 0 Å². The van der Waals surface area contributed by atoms with Crippen molar-refractivity contribution in [3.8, 4) is 11.5 Å². The number of nitrogens with zero attached hydrogens (tertiary/aromatic N) is 2. The zero-order valence-corrected chi connectivity index (χ0v) is 17.3. The number of carbonyl (C=O) groups is 1. The molecule has 0 saturated carbocycles. The number of aromatic hydroxyl groups is 1. The Morgan fingerprint density at radius 1 is 1.23 bits per heavy atom. The van der Waals surface area contributed by atoms with Crippen molar-refractivity contribution < 1.29 is 23.9 Å². The fourth-order valence-corrected chi connectivity index (χ4v) is 6.47. The number of piperidine rings is 1. The maximum absolute atomic E-state index is 13.7. The van der Waals surface area contributed by atoms with Crippen LogP contribution >= 0.6 is 0 Å². The number of fused-ring (bicyclic) bond motifs is 1. The van der Waals surface area contributed by atoms with Crippen molar-refractivity contribution in [1.82, 2.24) is 4.90 Å². The third kappa shape index (κ3) is 2.06. The number of anilines is 1. The van der Waals surface area contributed by atoms with Crippen LogP contribution in [0.4, 0.5) is 10.1 Å². The van der Waals surface area contributed by atoms with Gasteiger partial charge in [-0.3, -0.25) is 9.63 Å². The number of hydroxylamine groups is 1. The van der Waals surface area contributed by atoms with Crippen LogP contribution in [0.2, 0.25) is 0 Å². The number of phenolic OH excluding ortho intramolecular Hbond substituents is 1. The van der Waals surface area contributed by atoms with Crippen molar-refractivity contribution >= 4 is 11.5 Å². The normalized spacial score (nSPS) is 33.3. The summed E-state index contributed by atoms with van der Waals surface area (Å²) in [7, 11) is 3.61.